The fourth-order valence-corrected chi connectivity index (χ4v) is 1.97. The maximum Gasteiger partial charge on any atom is 0.495 e. The molecule has 16 heteroatoms. The molecule has 8 nitrogen and oxygen atoms in total. The normalized spacial score (nSPS) is 15.2. The number of alkyl halides is 6. The molecule has 0 bridgehead atoms. The van der Waals surface area contributed by atoms with Crippen LogP contribution in [-0.4, -0.2) is 59.8 Å². The van der Waals surface area contributed by atoms with Gasteiger partial charge in [-0.1, -0.05) is 6.92 Å². The molecule has 0 radical (unpaired) electrons. The van der Waals surface area contributed by atoms with Gasteiger partial charge < -0.3 is 30.4 Å². The summed E-state index contributed by atoms with van der Waals surface area (Å²) in [6.45, 7) is 2.61. The second kappa shape index (κ2) is 11.7. The van der Waals surface area contributed by atoms with E-state index in [0.29, 0.717) is 23.4 Å². The van der Waals surface area contributed by atoms with Crippen LogP contribution in [0.25, 0.3) is 0 Å². The Morgan fingerprint density at radius 2 is 1.58 bits per heavy atom. The lowest BCUT2D eigenvalue weighted by Gasteiger charge is -2.12. The molecule has 0 spiro atoms. The third-order valence-corrected chi connectivity index (χ3v) is 3.22. The highest BCUT2D eigenvalue weighted by atomic mass is 19.4. The summed E-state index contributed by atoms with van der Waals surface area (Å²) in [5, 5.41) is 24.0. The van der Waals surface area contributed by atoms with Gasteiger partial charge in [0, 0.05) is 17.6 Å². The van der Waals surface area contributed by atoms with Crippen LogP contribution in [0.3, 0.4) is 0 Å². The first-order valence-electron chi connectivity index (χ1n) is 8.16. The molecule has 1 aliphatic heterocycles. The van der Waals surface area contributed by atoms with Gasteiger partial charge >= 0.3 is 31.4 Å². The van der Waals surface area contributed by atoms with Gasteiger partial charge in [-0.05, 0) is 18.6 Å². The van der Waals surface area contributed by atoms with Crippen molar-refractivity contribution in [2.45, 2.75) is 31.8 Å². The van der Waals surface area contributed by atoms with Gasteiger partial charge in [0.15, 0.2) is 0 Å². The van der Waals surface area contributed by atoms with Crippen molar-refractivity contribution in [3.63, 3.8) is 0 Å². The Labute approximate surface area is 170 Å². The van der Waals surface area contributed by atoms with Crippen LogP contribution in [0.1, 0.15) is 25.0 Å². The molecule has 0 amide bonds. The maximum atomic E-state index is 13.7. The highest BCUT2D eigenvalue weighted by Crippen LogP contribution is 2.29. The Hall–Kier alpha value is -2.59. The minimum Gasteiger partial charge on any atom is -0.494 e. The van der Waals surface area contributed by atoms with Crippen molar-refractivity contribution in [3.05, 3.63) is 23.5 Å². The SMILES string of the molecule is CCCOc1ccc(F)c2c1B(O)OC2CN.O=C(O)C(F)(F)F.O=C(O)C(F)(F)F. The van der Waals surface area contributed by atoms with E-state index in [1.165, 1.54) is 12.1 Å². The summed E-state index contributed by atoms with van der Waals surface area (Å²) in [7, 11) is -1.17. The largest absolute Gasteiger partial charge is 0.495 e. The first kappa shape index (κ1) is 28.4. The van der Waals surface area contributed by atoms with Gasteiger partial charge in [-0.2, -0.15) is 26.3 Å². The second-order valence-electron chi connectivity index (χ2n) is 5.54. The lowest BCUT2D eigenvalue weighted by molar-refractivity contribution is -0.193. The Kier molecular flexibility index (Phi) is 10.7. The third kappa shape index (κ3) is 8.98. The van der Waals surface area contributed by atoms with Crippen LogP contribution in [0, 0.1) is 5.82 Å². The number of nitrogens with two attached hydrogens (primary N) is 1. The second-order valence-corrected chi connectivity index (χ2v) is 5.54. The van der Waals surface area contributed by atoms with E-state index < -0.39 is 43.3 Å². The molecular weight excluding hydrogens is 450 g/mol. The number of benzene rings is 1. The van der Waals surface area contributed by atoms with Gasteiger partial charge in [0.1, 0.15) is 11.6 Å². The summed E-state index contributed by atoms with van der Waals surface area (Å²) in [6.07, 6.45) is -9.94. The summed E-state index contributed by atoms with van der Waals surface area (Å²) in [6, 6.07) is 2.82. The van der Waals surface area contributed by atoms with Gasteiger partial charge in [0.25, 0.3) is 0 Å². The Bertz CT molecular complexity index is 734. The standard InChI is InChI=1S/C11H15BFNO3.2C2HF3O2/c1-2-5-16-8-4-3-7(13)10-9(6-14)17-12(15)11(8)10;2*3-2(4,5)1(6)7/h3-4,9,15H,2,5-6,14H2,1H3;2*(H,6,7). The van der Waals surface area contributed by atoms with Gasteiger partial charge in [-0.3, -0.25) is 0 Å². The summed E-state index contributed by atoms with van der Waals surface area (Å²) >= 11 is 0. The van der Waals surface area contributed by atoms with Crippen molar-refractivity contribution in [2.75, 3.05) is 13.2 Å². The molecule has 1 unspecified atom stereocenters. The number of rotatable bonds is 4. The monoisotopic (exact) mass is 467 g/mol. The summed E-state index contributed by atoms with van der Waals surface area (Å²) < 4.78 is 87.8. The molecule has 2 rings (SSSR count). The highest BCUT2D eigenvalue weighted by Gasteiger charge is 2.40. The van der Waals surface area contributed by atoms with Crippen molar-refractivity contribution in [1.29, 1.82) is 0 Å². The molecule has 0 aromatic heterocycles. The molecule has 0 fully saturated rings. The Morgan fingerprint density at radius 1 is 1.13 bits per heavy atom. The molecule has 176 valence electrons. The Morgan fingerprint density at radius 3 is 1.94 bits per heavy atom. The van der Waals surface area contributed by atoms with E-state index in [9.17, 15) is 35.8 Å². The van der Waals surface area contributed by atoms with Crippen LogP contribution >= 0.6 is 0 Å². The van der Waals surface area contributed by atoms with Crippen LogP contribution in [0.2, 0.25) is 0 Å². The third-order valence-electron chi connectivity index (χ3n) is 3.22. The van der Waals surface area contributed by atoms with Gasteiger partial charge in [-0.25, -0.2) is 14.0 Å². The lowest BCUT2D eigenvalue weighted by Crippen LogP contribution is -2.30. The summed E-state index contributed by atoms with van der Waals surface area (Å²) in [4.78, 5) is 17.8. The van der Waals surface area contributed by atoms with E-state index in [1.807, 2.05) is 6.92 Å². The fraction of sp³-hybridized carbons (Fsp3) is 0.467. The predicted octanol–water partition coefficient (Wildman–Crippen LogP) is 1.60. The maximum absolute atomic E-state index is 13.7. The van der Waals surface area contributed by atoms with E-state index in [2.05, 4.69) is 0 Å². The van der Waals surface area contributed by atoms with Crippen LogP contribution in [0.4, 0.5) is 30.7 Å². The molecule has 1 aromatic carbocycles. The number of carboxylic acid groups (broad SMARTS) is 2. The lowest BCUT2D eigenvalue weighted by atomic mass is 9.78. The number of hydrogen-bond acceptors (Lipinski definition) is 6. The number of hydrogen-bond donors (Lipinski definition) is 4. The van der Waals surface area contributed by atoms with E-state index in [4.69, 9.17) is 34.9 Å². The van der Waals surface area contributed by atoms with Crippen LogP contribution in [-0.2, 0) is 14.2 Å². The number of fused-ring (bicyclic) bond motifs is 1. The first-order chi connectivity index (χ1) is 14.1. The number of carbonyl (C=O) groups is 2. The molecule has 1 aromatic rings. The van der Waals surface area contributed by atoms with Gasteiger partial charge in [0.2, 0.25) is 0 Å². The summed E-state index contributed by atoms with van der Waals surface area (Å²) in [5.74, 6) is -5.47. The molecule has 5 N–H and O–H groups in total. The van der Waals surface area contributed by atoms with Crippen molar-refractivity contribution >= 4 is 24.5 Å². The van der Waals surface area contributed by atoms with E-state index in [1.54, 1.807) is 0 Å². The van der Waals surface area contributed by atoms with Crippen LogP contribution < -0.4 is 15.9 Å². The summed E-state index contributed by atoms with van der Waals surface area (Å²) in [5.41, 5.74) is 6.17. The number of ether oxygens (including phenoxy) is 1. The van der Waals surface area contributed by atoms with Crippen molar-refractivity contribution < 1.29 is 65.0 Å². The van der Waals surface area contributed by atoms with E-state index in [-0.39, 0.29) is 6.54 Å². The number of halogens is 7. The Balaban J connectivity index is 0.000000536. The van der Waals surface area contributed by atoms with Crippen molar-refractivity contribution in [3.8, 4) is 5.75 Å². The van der Waals surface area contributed by atoms with Crippen LogP contribution in [0.15, 0.2) is 12.1 Å². The average Bonchev–Trinajstić information content (AvgIpc) is 2.98. The van der Waals surface area contributed by atoms with E-state index >= 15 is 0 Å². The topological polar surface area (TPSA) is 139 Å². The van der Waals surface area contributed by atoms with E-state index in [0.717, 1.165) is 6.42 Å². The minimum absolute atomic E-state index is 0.123. The molecule has 31 heavy (non-hydrogen) atoms. The molecule has 1 atom stereocenters. The molecule has 0 saturated carbocycles. The van der Waals surface area contributed by atoms with Crippen molar-refractivity contribution in [1.82, 2.24) is 0 Å². The number of aliphatic carboxylic acids is 2. The molecule has 1 aliphatic rings. The highest BCUT2D eigenvalue weighted by molar-refractivity contribution is 6.62. The van der Waals surface area contributed by atoms with Crippen molar-refractivity contribution in [2.24, 2.45) is 5.73 Å². The predicted molar refractivity (Wildman–Crippen MR) is 90.1 cm³/mol. The zero-order valence-electron chi connectivity index (χ0n) is 15.6. The minimum atomic E-state index is -5.08. The smallest absolute Gasteiger partial charge is 0.494 e. The van der Waals surface area contributed by atoms with Gasteiger partial charge in [-0.15, -0.1) is 0 Å². The average molecular weight is 467 g/mol. The molecule has 1 heterocycles. The molecular formula is C15H17BF7NO7. The van der Waals surface area contributed by atoms with Gasteiger partial charge in [0.05, 0.1) is 12.7 Å². The molecule has 0 saturated heterocycles. The number of carboxylic acids is 2. The molecule has 0 aliphatic carbocycles. The quantitative estimate of drug-likeness (QED) is 0.387. The zero-order valence-corrected chi connectivity index (χ0v) is 15.6. The van der Waals surface area contributed by atoms with Crippen LogP contribution in [0.5, 0.6) is 5.75 Å². The zero-order chi connectivity index (χ0) is 24.6. The fourth-order valence-electron chi connectivity index (χ4n) is 1.97. The first-order valence-corrected chi connectivity index (χ1v) is 8.16.